The van der Waals surface area contributed by atoms with Gasteiger partial charge in [-0.2, -0.15) is 5.10 Å². The van der Waals surface area contributed by atoms with E-state index in [0.717, 1.165) is 18.2 Å². The van der Waals surface area contributed by atoms with E-state index in [-0.39, 0.29) is 34.3 Å². The smallest absolute Gasteiger partial charge is 0.319 e. The molecule has 2 aliphatic rings. The van der Waals surface area contributed by atoms with Gasteiger partial charge in [-0.05, 0) is 24.3 Å². The molecule has 1 aromatic carbocycles. The molecule has 174 valence electrons. The Morgan fingerprint density at radius 2 is 2.00 bits per heavy atom. The van der Waals surface area contributed by atoms with Crippen molar-refractivity contribution in [3.8, 4) is 0 Å². The van der Waals surface area contributed by atoms with Crippen LogP contribution in [0.1, 0.15) is 24.4 Å². The normalized spacial score (nSPS) is 23.7. The number of benzene rings is 1. The maximum atomic E-state index is 14.4. The third-order valence-electron chi connectivity index (χ3n) is 5.58. The van der Waals surface area contributed by atoms with Crippen LogP contribution in [0.25, 0.3) is 5.65 Å². The van der Waals surface area contributed by atoms with Crippen molar-refractivity contribution >= 4 is 34.8 Å². The molecule has 33 heavy (non-hydrogen) atoms. The van der Waals surface area contributed by atoms with Gasteiger partial charge in [0.25, 0.3) is 5.92 Å². The van der Waals surface area contributed by atoms with Crippen LogP contribution < -0.4 is 15.5 Å². The molecule has 3 aromatic rings. The molecule has 3 heterocycles. The van der Waals surface area contributed by atoms with Gasteiger partial charge in [0, 0.05) is 24.6 Å². The van der Waals surface area contributed by atoms with Crippen molar-refractivity contribution in [1.82, 2.24) is 19.9 Å². The second-order valence-electron chi connectivity index (χ2n) is 8.05. The summed E-state index contributed by atoms with van der Waals surface area (Å²) in [6, 6.07) is 1.55. The van der Waals surface area contributed by atoms with Crippen molar-refractivity contribution < 1.29 is 26.7 Å². The van der Waals surface area contributed by atoms with Gasteiger partial charge in [0.2, 0.25) is 0 Å². The summed E-state index contributed by atoms with van der Waals surface area (Å²) >= 11 is 6.10. The van der Waals surface area contributed by atoms with Crippen molar-refractivity contribution in [3.63, 3.8) is 0 Å². The first-order valence-corrected chi connectivity index (χ1v) is 10.3. The minimum Gasteiger partial charge on any atom is -0.343 e. The zero-order valence-corrected chi connectivity index (χ0v) is 17.5. The third kappa shape index (κ3) is 4.14. The molecule has 1 saturated carbocycles. The molecule has 2 fully saturated rings. The van der Waals surface area contributed by atoms with Crippen LogP contribution >= 0.6 is 11.6 Å². The van der Waals surface area contributed by atoms with E-state index in [2.05, 4.69) is 20.7 Å². The number of anilines is 2. The molecule has 1 aliphatic heterocycles. The number of fused-ring (bicyclic) bond motifs is 1. The van der Waals surface area contributed by atoms with Gasteiger partial charge in [-0.3, -0.25) is 0 Å². The van der Waals surface area contributed by atoms with E-state index in [1.807, 2.05) is 0 Å². The topological polar surface area (TPSA) is 74.6 Å². The molecule has 1 aliphatic carbocycles. The van der Waals surface area contributed by atoms with Crippen molar-refractivity contribution in [1.29, 1.82) is 0 Å². The first-order valence-electron chi connectivity index (χ1n) is 9.97. The van der Waals surface area contributed by atoms with E-state index in [0.29, 0.717) is 0 Å². The largest absolute Gasteiger partial charge is 0.343 e. The number of aromatic nitrogens is 3. The van der Waals surface area contributed by atoms with Crippen LogP contribution in [-0.4, -0.2) is 45.3 Å². The van der Waals surface area contributed by atoms with Crippen molar-refractivity contribution in [2.75, 3.05) is 16.8 Å². The molecule has 0 bridgehead atoms. The maximum Gasteiger partial charge on any atom is 0.319 e. The van der Waals surface area contributed by atoms with Crippen molar-refractivity contribution in [3.05, 3.63) is 52.8 Å². The number of nitrogens with zero attached hydrogens (tertiary/aromatic N) is 4. The summed E-state index contributed by atoms with van der Waals surface area (Å²) in [5.41, 5.74) is -0.191. The monoisotopic (exact) mass is 486 g/mol. The second kappa shape index (κ2) is 7.72. The number of hydrogen-bond donors (Lipinski definition) is 2. The Kier molecular flexibility index (Phi) is 5.07. The lowest BCUT2D eigenvalue weighted by Gasteiger charge is -2.25. The lowest BCUT2D eigenvalue weighted by atomic mass is 10.0. The number of hydrogen-bond acceptors (Lipinski definition) is 4. The standard InChI is InChI=1S/C20H16ClF5N6O/c21-17-16(29-19(33)27-13-6-12(13)24)18-28-15(3-4-32(18)30-17)31-8-20(25,26)7-14(31)10-5-9(22)1-2-11(10)23/h1-5,12-14H,6-8H2,(H2,27,29,33)/t12-,13+,14-/m1/s1. The summed E-state index contributed by atoms with van der Waals surface area (Å²) in [5, 5.41) is 8.75. The van der Waals surface area contributed by atoms with Crippen molar-refractivity contribution in [2.24, 2.45) is 0 Å². The fraction of sp³-hybridized carbons (Fsp3) is 0.350. The Morgan fingerprint density at radius 1 is 1.24 bits per heavy atom. The molecule has 7 nitrogen and oxygen atoms in total. The molecule has 2 amide bonds. The van der Waals surface area contributed by atoms with Crippen LogP contribution in [0.2, 0.25) is 5.15 Å². The lowest BCUT2D eigenvalue weighted by molar-refractivity contribution is 0.0221. The molecule has 2 aromatic heterocycles. The van der Waals surface area contributed by atoms with Crippen LogP contribution in [0, 0.1) is 11.6 Å². The number of amides is 2. The Morgan fingerprint density at radius 3 is 2.73 bits per heavy atom. The summed E-state index contributed by atoms with van der Waals surface area (Å²) in [6.07, 6.45) is -0.253. The highest BCUT2D eigenvalue weighted by atomic mass is 35.5. The van der Waals surface area contributed by atoms with E-state index < -0.39 is 54.8 Å². The van der Waals surface area contributed by atoms with E-state index in [4.69, 9.17) is 11.6 Å². The predicted octanol–water partition coefficient (Wildman–Crippen LogP) is 4.48. The second-order valence-corrected chi connectivity index (χ2v) is 8.40. The molecule has 0 radical (unpaired) electrons. The summed E-state index contributed by atoms with van der Waals surface area (Å²) in [4.78, 5) is 17.6. The molecule has 0 unspecified atom stereocenters. The maximum absolute atomic E-state index is 14.4. The van der Waals surface area contributed by atoms with Crippen LogP contribution in [0.4, 0.5) is 38.3 Å². The Balaban J connectivity index is 1.50. The average molecular weight is 487 g/mol. The van der Waals surface area contributed by atoms with Gasteiger partial charge in [0.05, 0.1) is 18.6 Å². The average Bonchev–Trinajstić information content (AvgIpc) is 3.20. The van der Waals surface area contributed by atoms with Gasteiger partial charge < -0.3 is 15.5 Å². The third-order valence-corrected chi connectivity index (χ3v) is 5.84. The minimum absolute atomic E-state index is 0.00785. The van der Waals surface area contributed by atoms with Crippen LogP contribution in [-0.2, 0) is 0 Å². The number of halogens is 6. The highest BCUT2D eigenvalue weighted by Crippen LogP contribution is 2.44. The minimum atomic E-state index is -3.18. The van der Waals surface area contributed by atoms with E-state index in [9.17, 15) is 26.7 Å². The van der Waals surface area contributed by atoms with E-state index >= 15 is 0 Å². The molecule has 1 saturated heterocycles. The number of carbonyl (C=O) groups is 1. The molecular formula is C20H16ClF5N6O. The number of alkyl halides is 3. The molecule has 2 N–H and O–H groups in total. The van der Waals surface area contributed by atoms with Gasteiger partial charge in [-0.25, -0.2) is 36.2 Å². The van der Waals surface area contributed by atoms with Gasteiger partial charge in [0.1, 0.15) is 29.3 Å². The fourth-order valence-electron chi connectivity index (χ4n) is 3.90. The van der Waals surface area contributed by atoms with E-state index in [1.165, 1.54) is 21.7 Å². The number of nitrogens with one attached hydrogen (secondary N) is 2. The molecular weight excluding hydrogens is 471 g/mol. The first kappa shape index (κ1) is 21.7. The zero-order chi connectivity index (χ0) is 23.5. The Hall–Kier alpha value is -3.15. The first-order chi connectivity index (χ1) is 15.6. The highest BCUT2D eigenvalue weighted by molar-refractivity contribution is 6.33. The molecule has 13 heteroatoms. The summed E-state index contributed by atoms with van der Waals surface area (Å²) in [7, 11) is 0. The number of urea groups is 1. The lowest BCUT2D eigenvalue weighted by Crippen LogP contribution is -2.31. The highest BCUT2D eigenvalue weighted by Gasteiger charge is 2.47. The van der Waals surface area contributed by atoms with Gasteiger partial charge in [0.15, 0.2) is 10.8 Å². The van der Waals surface area contributed by atoms with Crippen LogP contribution in [0.15, 0.2) is 30.5 Å². The van der Waals surface area contributed by atoms with Crippen LogP contribution in [0.5, 0.6) is 0 Å². The Labute approximate surface area is 188 Å². The summed E-state index contributed by atoms with van der Waals surface area (Å²) in [6.45, 7) is -0.776. The number of carbonyl (C=O) groups excluding carboxylic acids is 1. The SMILES string of the molecule is O=C(Nc1c(Cl)nn2ccc(N3CC(F)(F)C[C@@H]3c3cc(F)ccc3F)nc12)N[C@H]1C[C@H]1F. The number of rotatable bonds is 4. The quantitative estimate of drug-likeness (QED) is 0.533. The summed E-state index contributed by atoms with van der Waals surface area (Å²) in [5.74, 6) is -4.72. The molecule has 5 rings (SSSR count). The Bertz CT molecular complexity index is 1250. The summed E-state index contributed by atoms with van der Waals surface area (Å²) < 4.78 is 71.1. The van der Waals surface area contributed by atoms with E-state index in [1.54, 1.807) is 0 Å². The predicted molar refractivity (Wildman–Crippen MR) is 109 cm³/mol. The zero-order valence-electron chi connectivity index (χ0n) is 16.7. The van der Waals surface area contributed by atoms with Gasteiger partial charge >= 0.3 is 6.03 Å². The van der Waals surface area contributed by atoms with Crippen molar-refractivity contribution in [2.45, 2.75) is 37.0 Å². The van der Waals surface area contributed by atoms with Gasteiger partial charge in [-0.15, -0.1) is 0 Å². The van der Waals surface area contributed by atoms with Crippen LogP contribution in [0.3, 0.4) is 0 Å². The fourth-order valence-corrected chi connectivity index (χ4v) is 4.11. The van der Waals surface area contributed by atoms with Gasteiger partial charge in [-0.1, -0.05) is 11.6 Å². The molecule has 0 spiro atoms. The molecule has 3 atom stereocenters.